The molecule has 0 aliphatic heterocycles. The molecular weight excluding hydrogens is 294 g/mol. The van der Waals surface area contributed by atoms with E-state index in [2.05, 4.69) is 0 Å². The van der Waals surface area contributed by atoms with Crippen LogP contribution in [0.15, 0.2) is 60.8 Å². The summed E-state index contributed by atoms with van der Waals surface area (Å²) in [6.07, 6.45) is 1.70. The third-order valence-corrected chi connectivity index (χ3v) is 3.64. The maximum absolute atomic E-state index is 11.2. The SMILES string of the molecule is COc1cccc(-c2ccc(-n3cccc3C(=O)O)cc2)c1O. The molecule has 0 aliphatic rings. The van der Waals surface area contributed by atoms with E-state index in [1.165, 1.54) is 7.11 Å². The van der Waals surface area contributed by atoms with E-state index in [4.69, 9.17) is 4.74 Å². The quantitative estimate of drug-likeness (QED) is 0.773. The Morgan fingerprint density at radius 1 is 1.04 bits per heavy atom. The molecule has 0 radical (unpaired) electrons. The van der Waals surface area contributed by atoms with E-state index in [1.54, 1.807) is 53.2 Å². The Bertz CT molecular complexity index is 850. The van der Waals surface area contributed by atoms with Crippen LogP contribution >= 0.6 is 0 Å². The topological polar surface area (TPSA) is 71.7 Å². The molecule has 0 atom stereocenters. The summed E-state index contributed by atoms with van der Waals surface area (Å²) >= 11 is 0. The van der Waals surface area contributed by atoms with Crippen molar-refractivity contribution in [2.24, 2.45) is 0 Å². The van der Waals surface area contributed by atoms with E-state index in [1.807, 2.05) is 12.1 Å². The molecule has 0 unspecified atom stereocenters. The number of ether oxygens (including phenoxy) is 1. The van der Waals surface area contributed by atoms with Gasteiger partial charge in [0, 0.05) is 17.4 Å². The zero-order chi connectivity index (χ0) is 16.4. The summed E-state index contributed by atoms with van der Waals surface area (Å²) in [6, 6.07) is 15.8. The lowest BCUT2D eigenvalue weighted by Gasteiger charge is -2.11. The molecule has 2 N–H and O–H groups in total. The molecule has 5 heteroatoms. The molecule has 3 rings (SSSR count). The Balaban J connectivity index is 2.00. The monoisotopic (exact) mass is 309 g/mol. The number of carboxylic acids is 1. The number of aromatic hydroxyl groups is 1. The fraction of sp³-hybridized carbons (Fsp3) is 0.0556. The largest absolute Gasteiger partial charge is 0.504 e. The summed E-state index contributed by atoms with van der Waals surface area (Å²) in [4.78, 5) is 11.2. The van der Waals surface area contributed by atoms with Gasteiger partial charge in [0.05, 0.1) is 7.11 Å². The highest BCUT2D eigenvalue weighted by Crippen LogP contribution is 2.36. The molecular formula is C18H15NO4. The second kappa shape index (κ2) is 5.88. The number of rotatable bonds is 4. The molecule has 0 amide bonds. The highest BCUT2D eigenvalue weighted by molar-refractivity contribution is 5.86. The Hall–Kier alpha value is -3.21. The zero-order valence-electron chi connectivity index (χ0n) is 12.4. The van der Waals surface area contributed by atoms with Crippen molar-refractivity contribution < 1.29 is 19.7 Å². The van der Waals surface area contributed by atoms with Crippen LogP contribution in [0.2, 0.25) is 0 Å². The number of aromatic carboxylic acids is 1. The standard InChI is InChI=1S/C18H15NO4/c1-23-16-6-2-4-14(17(16)20)12-7-9-13(10-8-12)19-11-3-5-15(19)18(21)22/h2-11,20H,1H3,(H,21,22). The molecule has 23 heavy (non-hydrogen) atoms. The number of hydrogen-bond donors (Lipinski definition) is 2. The number of benzene rings is 2. The van der Waals surface area contributed by atoms with Gasteiger partial charge in [-0.3, -0.25) is 0 Å². The van der Waals surface area contributed by atoms with Crippen LogP contribution in [0.5, 0.6) is 11.5 Å². The fourth-order valence-corrected chi connectivity index (χ4v) is 2.50. The number of methoxy groups -OCH3 is 1. The van der Waals surface area contributed by atoms with Crippen LogP contribution in [0.4, 0.5) is 0 Å². The van der Waals surface area contributed by atoms with Gasteiger partial charge < -0.3 is 19.5 Å². The van der Waals surface area contributed by atoms with Gasteiger partial charge >= 0.3 is 5.97 Å². The van der Waals surface area contributed by atoms with Gasteiger partial charge in [-0.25, -0.2) is 4.79 Å². The maximum atomic E-state index is 11.2. The smallest absolute Gasteiger partial charge is 0.352 e. The lowest BCUT2D eigenvalue weighted by atomic mass is 10.0. The first-order valence-corrected chi connectivity index (χ1v) is 6.99. The van der Waals surface area contributed by atoms with Gasteiger partial charge in [0.25, 0.3) is 0 Å². The molecule has 0 aliphatic carbocycles. The van der Waals surface area contributed by atoms with Gasteiger partial charge in [0.2, 0.25) is 0 Å². The molecule has 3 aromatic rings. The minimum atomic E-state index is -0.982. The van der Waals surface area contributed by atoms with E-state index < -0.39 is 5.97 Å². The lowest BCUT2D eigenvalue weighted by molar-refractivity contribution is 0.0688. The molecule has 116 valence electrons. The first-order chi connectivity index (χ1) is 11.1. The van der Waals surface area contributed by atoms with E-state index in [-0.39, 0.29) is 11.4 Å². The summed E-state index contributed by atoms with van der Waals surface area (Å²) in [5.41, 5.74) is 2.40. The minimum absolute atomic E-state index is 0.0786. The first kappa shape index (κ1) is 14.7. The van der Waals surface area contributed by atoms with Crippen molar-refractivity contribution in [1.29, 1.82) is 0 Å². The normalized spacial score (nSPS) is 10.5. The highest BCUT2D eigenvalue weighted by atomic mass is 16.5. The van der Waals surface area contributed by atoms with Crippen LogP contribution in [0.3, 0.4) is 0 Å². The number of nitrogens with zero attached hydrogens (tertiary/aromatic N) is 1. The second-order valence-electron chi connectivity index (χ2n) is 4.97. The van der Waals surface area contributed by atoms with Crippen LogP contribution in [0.1, 0.15) is 10.5 Å². The maximum Gasteiger partial charge on any atom is 0.352 e. The van der Waals surface area contributed by atoms with Crippen molar-refractivity contribution >= 4 is 5.97 Å². The van der Waals surface area contributed by atoms with Gasteiger partial charge in [0.15, 0.2) is 11.5 Å². The molecule has 0 saturated carbocycles. The van der Waals surface area contributed by atoms with Crippen LogP contribution in [0.25, 0.3) is 16.8 Å². The Labute approximate surface area is 133 Å². The third-order valence-electron chi connectivity index (χ3n) is 3.64. The van der Waals surface area contributed by atoms with Crippen molar-refractivity contribution in [3.63, 3.8) is 0 Å². The van der Waals surface area contributed by atoms with Gasteiger partial charge in [-0.05, 0) is 35.9 Å². The van der Waals surface area contributed by atoms with Gasteiger partial charge in [-0.15, -0.1) is 0 Å². The number of aromatic nitrogens is 1. The van der Waals surface area contributed by atoms with Crippen molar-refractivity contribution in [3.05, 3.63) is 66.5 Å². The minimum Gasteiger partial charge on any atom is -0.504 e. The molecule has 0 saturated heterocycles. The summed E-state index contributed by atoms with van der Waals surface area (Å²) < 4.78 is 6.71. The second-order valence-corrected chi connectivity index (χ2v) is 4.97. The van der Waals surface area contributed by atoms with E-state index in [0.29, 0.717) is 11.3 Å². The average molecular weight is 309 g/mol. The van der Waals surface area contributed by atoms with Gasteiger partial charge in [-0.1, -0.05) is 24.3 Å². The van der Waals surface area contributed by atoms with E-state index in [0.717, 1.165) is 11.3 Å². The summed E-state index contributed by atoms with van der Waals surface area (Å²) in [5, 5.41) is 19.4. The van der Waals surface area contributed by atoms with Gasteiger partial charge in [-0.2, -0.15) is 0 Å². The summed E-state index contributed by atoms with van der Waals surface area (Å²) in [5.74, 6) is -0.496. The molecule has 5 nitrogen and oxygen atoms in total. The Kier molecular flexibility index (Phi) is 3.76. The molecule has 0 spiro atoms. The van der Waals surface area contributed by atoms with Gasteiger partial charge in [0.1, 0.15) is 5.69 Å². The van der Waals surface area contributed by atoms with Crippen molar-refractivity contribution in [3.8, 4) is 28.3 Å². The van der Waals surface area contributed by atoms with E-state index >= 15 is 0 Å². The number of para-hydroxylation sites is 1. The molecule has 0 fully saturated rings. The third kappa shape index (κ3) is 2.64. The average Bonchev–Trinajstić information content (AvgIpc) is 3.05. The van der Waals surface area contributed by atoms with Crippen molar-refractivity contribution in [2.75, 3.05) is 7.11 Å². The van der Waals surface area contributed by atoms with Crippen LogP contribution in [0, 0.1) is 0 Å². The number of carbonyl (C=O) groups is 1. The lowest BCUT2D eigenvalue weighted by Crippen LogP contribution is -2.05. The van der Waals surface area contributed by atoms with Crippen molar-refractivity contribution in [2.45, 2.75) is 0 Å². The number of phenolic OH excluding ortho intramolecular Hbond substituents is 1. The molecule has 1 heterocycles. The van der Waals surface area contributed by atoms with E-state index in [9.17, 15) is 15.0 Å². The summed E-state index contributed by atoms with van der Waals surface area (Å²) in [7, 11) is 1.50. The number of hydrogen-bond acceptors (Lipinski definition) is 3. The number of phenols is 1. The predicted octanol–water partition coefficient (Wildman–Crippen LogP) is 3.56. The summed E-state index contributed by atoms with van der Waals surface area (Å²) in [6.45, 7) is 0. The zero-order valence-corrected chi connectivity index (χ0v) is 12.4. The first-order valence-electron chi connectivity index (χ1n) is 6.99. The predicted molar refractivity (Wildman–Crippen MR) is 86.4 cm³/mol. The molecule has 0 bridgehead atoms. The highest BCUT2D eigenvalue weighted by Gasteiger charge is 2.12. The van der Waals surface area contributed by atoms with Crippen LogP contribution in [-0.2, 0) is 0 Å². The van der Waals surface area contributed by atoms with Crippen LogP contribution in [-0.4, -0.2) is 27.9 Å². The Morgan fingerprint density at radius 2 is 1.78 bits per heavy atom. The molecule has 2 aromatic carbocycles. The Morgan fingerprint density at radius 3 is 2.43 bits per heavy atom. The molecule has 1 aromatic heterocycles. The fourth-order valence-electron chi connectivity index (χ4n) is 2.50. The van der Waals surface area contributed by atoms with Crippen molar-refractivity contribution in [1.82, 2.24) is 4.57 Å². The number of carboxylic acid groups (broad SMARTS) is 1. The van der Waals surface area contributed by atoms with Crippen LogP contribution < -0.4 is 4.74 Å².